The first-order valence-electron chi connectivity index (χ1n) is 18.2. The normalized spacial score (nSPS) is 15.0. The van der Waals surface area contributed by atoms with E-state index in [0.29, 0.717) is 45.3 Å². The minimum atomic E-state index is -4.23. The van der Waals surface area contributed by atoms with Crippen LogP contribution in [0.1, 0.15) is 59.3 Å². The van der Waals surface area contributed by atoms with E-state index in [-0.39, 0.29) is 37.9 Å². The van der Waals surface area contributed by atoms with E-state index < -0.39 is 31.9 Å². The van der Waals surface area contributed by atoms with E-state index in [4.69, 9.17) is 19.0 Å². The minimum absolute atomic E-state index is 0.0119. The number of methoxy groups -OCH3 is 1. The summed E-state index contributed by atoms with van der Waals surface area (Å²) in [6.45, 7) is 9.44. The molecular formula is C43H39N5O7S2. The van der Waals surface area contributed by atoms with Crippen molar-refractivity contribution < 1.29 is 30.6 Å². The Morgan fingerprint density at radius 3 is 2.16 bits per heavy atom. The van der Waals surface area contributed by atoms with Crippen LogP contribution in [0.3, 0.4) is 0 Å². The average molecular weight is 802 g/mol. The standard InChI is InChI=1S/C43H39N5O7S2/c1-25(2)29-13-18-32(19-14-29)56(50,51)33-20-16-31(17-21-33)48-41-39(28(5)46-48)40(47-35-10-8-7-9-34(35)44-43(49)42(47)45-41)30-15-22-36(37(24-30)54-6)55-57(52,53)38-23-26(3)11-12-27(38)4/h7-25,40H,1-6H3,(H,44,49)/t40-/m1/s1. The summed E-state index contributed by atoms with van der Waals surface area (Å²) in [5.41, 5.74) is 6.05. The molecule has 0 saturated heterocycles. The maximum Gasteiger partial charge on any atom is 0.339 e. The Bertz CT molecular complexity index is 2850. The van der Waals surface area contributed by atoms with Crippen LogP contribution in [0.15, 0.2) is 129 Å². The molecule has 0 saturated carbocycles. The van der Waals surface area contributed by atoms with Gasteiger partial charge in [0, 0.05) is 5.56 Å². The molecule has 0 spiro atoms. The van der Waals surface area contributed by atoms with Crippen molar-refractivity contribution in [3.05, 3.63) is 143 Å². The first-order valence-corrected chi connectivity index (χ1v) is 21.1. The van der Waals surface area contributed by atoms with Gasteiger partial charge in [0.1, 0.15) is 4.90 Å². The Morgan fingerprint density at radius 2 is 1.47 bits per heavy atom. The quantitative estimate of drug-likeness (QED) is 0.143. The van der Waals surface area contributed by atoms with E-state index >= 15 is 0 Å². The van der Waals surface area contributed by atoms with E-state index in [1.807, 2.05) is 62.1 Å². The topological polar surface area (TPSA) is 149 Å². The minimum Gasteiger partial charge on any atom is -0.493 e. The smallest absolute Gasteiger partial charge is 0.339 e. The van der Waals surface area contributed by atoms with Crippen molar-refractivity contribution in [2.24, 2.45) is 4.99 Å². The average Bonchev–Trinajstić information content (AvgIpc) is 3.53. The van der Waals surface area contributed by atoms with Crippen LogP contribution in [-0.4, -0.2) is 45.5 Å². The number of aryl methyl sites for hydroxylation is 3. The number of amides is 1. The highest BCUT2D eigenvalue weighted by atomic mass is 32.2. The maximum atomic E-state index is 13.8. The van der Waals surface area contributed by atoms with Crippen LogP contribution in [0, 0.1) is 20.8 Å². The summed E-state index contributed by atoms with van der Waals surface area (Å²) in [6, 6.07) is 30.0. The van der Waals surface area contributed by atoms with Gasteiger partial charge >= 0.3 is 10.1 Å². The predicted octanol–water partition coefficient (Wildman–Crippen LogP) is 8.12. The van der Waals surface area contributed by atoms with E-state index in [2.05, 4.69) is 5.32 Å². The summed E-state index contributed by atoms with van der Waals surface area (Å²) in [5.74, 6) is 0.445. The molecule has 0 bridgehead atoms. The molecule has 3 heterocycles. The van der Waals surface area contributed by atoms with Gasteiger partial charge in [-0.25, -0.2) is 18.1 Å². The summed E-state index contributed by atoms with van der Waals surface area (Å²) in [4.78, 5) is 20.9. The van der Waals surface area contributed by atoms with Crippen LogP contribution in [0.4, 0.5) is 17.2 Å². The Hall–Kier alpha value is -6.25. The number of ether oxygens (including phenoxy) is 1. The fourth-order valence-electron chi connectivity index (χ4n) is 7.23. The summed E-state index contributed by atoms with van der Waals surface area (Å²) in [6.07, 6.45) is 0. The molecule has 8 rings (SSSR count). The lowest BCUT2D eigenvalue weighted by atomic mass is 9.93. The number of carbonyl (C=O) groups is 1. The molecule has 2 aliphatic heterocycles. The molecule has 290 valence electrons. The third-order valence-corrected chi connectivity index (χ3v) is 13.4. The fraction of sp³-hybridized carbons (Fsp3) is 0.186. The highest BCUT2D eigenvalue weighted by Crippen LogP contribution is 2.49. The summed E-state index contributed by atoms with van der Waals surface area (Å²) in [7, 11) is -6.62. The summed E-state index contributed by atoms with van der Waals surface area (Å²) >= 11 is 0. The van der Waals surface area contributed by atoms with Gasteiger partial charge in [0.15, 0.2) is 17.3 Å². The third kappa shape index (κ3) is 6.53. The zero-order valence-electron chi connectivity index (χ0n) is 32.0. The number of nitrogens with zero attached hydrogens (tertiary/aromatic N) is 4. The predicted molar refractivity (Wildman–Crippen MR) is 217 cm³/mol. The van der Waals surface area contributed by atoms with Crippen LogP contribution >= 0.6 is 0 Å². The Labute approximate surface area is 331 Å². The molecule has 1 atom stereocenters. The molecule has 1 amide bonds. The van der Waals surface area contributed by atoms with E-state index in [1.54, 1.807) is 73.1 Å². The van der Waals surface area contributed by atoms with Crippen molar-refractivity contribution in [3.63, 3.8) is 0 Å². The van der Waals surface area contributed by atoms with Gasteiger partial charge in [0.05, 0.1) is 45.7 Å². The number of hydrogen-bond acceptors (Lipinski definition) is 10. The number of rotatable bonds is 9. The van der Waals surface area contributed by atoms with Gasteiger partial charge in [-0.1, -0.05) is 56.3 Å². The molecule has 12 nitrogen and oxygen atoms in total. The molecule has 0 aliphatic carbocycles. The second kappa shape index (κ2) is 14.0. The molecular weight excluding hydrogens is 763 g/mol. The lowest BCUT2D eigenvalue weighted by molar-refractivity contribution is -0.110. The van der Waals surface area contributed by atoms with Crippen LogP contribution in [-0.2, 0) is 24.7 Å². The molecule has 0 fully saturated rings. The number of anilines is 2. The van der Waals surface area contributed by atoms with Gasteiger partial charge in [-0.05, 0) is 116 Å². The van der Waals surface area contributed by atoms with E-state index in [0.717, 1.165) is 11.1 Å². The SMILES string of the molecule is COc1cc([C@@H]2c3c(C)nn(-c4ccc(S(=O)(=O)c5ccc(C(C)C)cc5)cc4)c3N=C3C(=O)Nc4ccccc4N32)ccc1OS(=O)(=O)c1cc(C)ccc1C. The first kappa shape index (κ1) is 37.7. The monoisotopic (exact) mass is 801 g/mol. The van der Waals surface area contributed by atoms with Gasteiger partial charge in [-0.2, -0.15) is 13.5 Å². The van der Waals surface area contributed by atoms with Crippen molar-refractivity contribution in [3.8, 4) is 17.2 Å². The fourth-order valence-corrected chi connectivity index (χ4v) is 9.75. The second-order valence-corrected chi connectivity index (χ2v) is 17.8. The summed E-state index contributed by atoms with van der Waals surface area (Å²) < 4.78 is 67.3. The van der Waals surface area contributed by atoms with Crippen LogP contribution in [0.2, 0.25) is 0 Å². The molecule has 6 aromatic rings. The molecule has 1 aromatic heterocycles. The Balaban J connectivity index is 1.23. The molecule has 14 heteroatoms. The number of amidine groups is 1. The lowest BCUT2D eigenvalue weighted by Crippen LogP contribution is -2.48. The van der Waals surface area contributed by atoms with Crippen molar-refractivity contribution in [2.75, 3.05) is 17.3 Å². The number of hydrogen-bond donors (Lipinski definition) is 1. The number of fused-ring (bicyclic) bond motifs is 4. The van der Waals surface area contributed by atoms with Gasteiger partial charge in [-0.15, -0.1) is 0 Å². The number of sulfone groups is 1. The van der Waals surface area contributed by atoms with Crippen molar-refractivity contribution >= 4 is 48.9 Å². The summed E-state index contributed by atoms with van der Waals surface area (Å²) in [5, 5.41) is 7.82. The molecule has 1 N–H and O–H groups in total. The second-order valence-electron chi connectivity index (χ2n) is 14.4. The number of aliphatic imine (C=N–C) groups is 1. The molecule has 0 radical (unpaired) electrons. The van der Waals surface area contributed by atoms with Gasteiger partial charge in [-0.3, -0.25) is 4.79 Å². The third-order valence-electron chi connectivity index (χ3n) is 10.2. The first-order chi connectivity index (χ1) is 27.2. The Kier molecular flexibility index (Phi) is 9.28. The highest BCUT2D eigenvalue weighted by molar-refractivity contribution is 7.91. The highest BCUT2D eigenvalue weighted by Gasteiger charge is 2.43. The molecule has 5 aromatic carbocycles. The maximum absolute atomic E-state index is 13.8. The van der Waals surface area contributed by atoms with E-state index in [1.165, 1.54) is 25.3 Å². The Morgan fingerprint density at radius 1 is 0.789 bits per heavy atom. The van der Waals surface area contributed by atoms with E-state index in [9.17, 15) is 21.6 Å². The number of nitrogens with one attached hydrogen (secondary N) is 1. The number of aromatic nitrogens is 2. The van der Waals surface area contributed by atoms with Gasteiger partial charge in [0.25, 0.3) is 5.91 Å². The molecule has 57 heavy (non-hydrogen) atoms. The van der Waals surface area contributed by atoms with Crippen LogP contribution < -0.4 is 19.1 Å². The molecule has 0 unspecified atom stereocenters. The molecule has 2 aliphatic rings. The number of para-hydroxylation sites is 2. The van der Waals surface area contributed by atoms with Crippen molar-refractivity contribution in [1.82, 2.24) is 9.78 Å². The van der Waals surface area contributed by atoms with Crippen LogP contribution in [0.5, 0.6) is 11.5 Å². The van der Waals surface area contributed by atoms with Crippen molar-refractivity contribution in [1.29, 1.82) is 0 Å². The van der Waals surface area contributed by atoms with Crippen molar-refractivity contribution in [2.45, 2.75) is 61.3 Å². The lowest BCUT2D eigenvalue weighted by Gasteiger charge is -2.40. The largest absolute Gasteiger partial charge is 0.493 e. The van der Waals surface area contributed by atoms with Gasteiger partial charge < -0.3 is 19.1 Å². The zero-order chi connectivity index (χ0) is 40.4. The van der Waals surface area contributed by atoms with Crippen LogP contribution in [0.25, 0.3) is 5.69 Å². The zero-order valence-corrected chi connectivity index (χ0v) is 33.6. The number of carbonyl (C=O) groups excluding carboxylic acids is 1. The number of benzene rings is 5. The van der Waals surface area contributed by atoms with Gasteiger partial charge in [0.2, 0.25) is 15.7 Å².